The summed E-state index contributed by atoms with van der Waals surface area (Å²) in [5.41, 5.74) is 0. The van der Waals surface area contributed by atoms with E-state index in [1.807, 2.05) is 30.3 Å². The highest BCUT2D eigenvalue weighted by Gasteiger charge is 2.10. The molecular weight excluding hydrogens is 242 g/mol. The van der Waals surface area contributed by atoms with E-state index in [-0.39, 0.29) is 6.42 Å². The van der Waals surface area contributed by atoms with Crippen molar-refractivity contribution < 1.29 is 14.6 Å². The second kappa shape index (κ2) is 8.53. The van der Waals surface area contributed by atoms with Gasteiger partial charge < -0.3 is 14.7 Å². The Morgan fingerprint density at radius 2 is 1.95 bits per heavy atom. The van der Waals surface area contributed by atoms with Crippen LogP contribution in [0.25, 0.3) is 0 Å². The number of nitrogens with zero attached hydrogens (tertiary/aromatic N) is 1. The molecule has 0 spiro atoms. The molecule has 0 unspecified atom stereocenters. The van der Waals surface area contributed by atoms with Crippen LogP contribution in [-0.2, 0) is 4.79 Å². The number of carbonyl (C=O) groups is 1. The minimum Gasteiger partial charge on any atom is -0.494 e. The number of benzene rings is 1. The third-order valence-electron chi connectivity index (χ3n) is 2.94. The van der Waals surface area contributed by atoms with Crippen molar-refractivity contribution in [2.45, 2.75) is 32.7 Å². The molecule has 0 aliphatic carbocycles. The van der Waals surface area contributed by atoms with Gasteiger partial charge in [-0.3, -0.25) is 4.79 Å². The molecule has 1 rings (SSSR count). The van der Waals surface area contributed by atoms with Gasteiger partial charge in [-0.2, -0.15) is 0 Å². The number of ether oxygens (including phenoxy) is 1. The summed E-state index contributed by atoms with van der Waals surface area (Å²) in [6.45, 7) is 6.27. The Balaban J connectivity index is 2.23. The van der Waals surface area contributed by atoms with Gasteiger partial charge in [0.25, 0.3) is 0 Å². The predicted molar refractivity (Wildman–Crippen MR) is 75.5 cm³/mol. The van der Waals surface area contributed by atoms with Crippen molar-refractivity contribution in [2.24, 2.45) is 0 Å². The maximum absolute atomic E-state index is 10.6. The van der Waals surface area contributed by atoms with Gasteiger partial charge >= 0.3 is 5.97 Å². The molecule has 0 aliphatic heterocycles. The number of aliphatic carboxylic acids is 1. The molecule has 0 amide bonds. The summed E-state index contributed by atoms with van der Waals surface area (Å²) >= 11 is 0. The van der Waals surface area contributed by atoms with Crippen LogP contribution in [0.15, 0.2) is 30.3 Å². The highest BCUT2D eigenvalue weighted by atomic mass is 16.5. The lowest BCUT2D eigenvalue weighted by Crippen LogP contribution is -2.34. The fourth-order valence-corrected chi connectivity index (χ4v) is 1.84. The molecule has 1 aromatic carbocycles. The molecule has 0 heterocycles. The zero-order valence-corrected chi connectivity index (χ0v) is 11.7. The molecule has 0 saturated heterocycles. The summed E-state index contributed by atoms with van der Waals surface area (Å²) in [6.07, 6.45) is 1.09. The van der Waals surface area contributed by atoms with Crippen LogP contribution < -0.4 is 4.74 Å². The van der Waals surface area contributed by atoms with Crippen molar-refractivity contribution in [1.29, 1.82) is 0 Å². The molecule has 0 aromatic heterocycles. The van der Waals surface area contributed by atoms with Crippen molar-refractivity contribution in [3.63, 3.8) is 0 Å². The summed E-state index contributed by atoms with van der Waals surface area (Å²) < 4.78 is 5.62. The van der Waals surface area contributed by atoms with Crippen LogP contribution >= 0.6 is 0 Å². The minimum atomic E-state index is -0.744. The van der Waals surface area contributed by atoms with E-state index in [9.17, 15) is 4.79 Å². The molecule has 19 heavy (non-hydrogen) atoms. The van der Waals surface area contributed by atoms with Crippen molar-refractivity contribution in [3.05, 3.63) is 30.3 Å². The number of hydrogen-bond donors (Lipinski definition) is 1. The van der Waals surface area contributed by atoms with Gasteiger partial charge in [0.1, 0.15) is 5.75 Å². The molecule has 0 saturated carbocycles. The Labute approximate surface area is 115 Å². The maximum Gasteiger partial charge on any atom is 0.304 e. The molecule has 0 atom stereocenters. The quantitative estimate of drug-likeness (QED) is 0.697. The van der Waals surface area contributed by atoms with E-state index in [1.165, 1.54) is 0 Å². The Morgan fingerprint density at radius 3 is 2.53 bits per heavy atom. The lowest BCUT2D eigenvalue weighted by atomic mass is 10.2. The fraction of sp³-hybridized carbons (Fsp3) is 0.533. The van der Waals surface area contributed by atoms with Crippen molar-refractivity contribution in [1.82, 2.24) is 4.90 Å². The Bertz CT molecular complexity index is 365. The maximum atomic E-state index is 10.6. The van der Waals surface area contributed by atoms with E-state index in [1.54, 1.807) is 0 Å². The standard InChI is InChI=1S/C15H23NO3/c1-13(2)16(11-9-15(17)18)10-6-12-19-14-7-4-3-5-8-14/h3-5,7-8,13H,6,9-12H2,1-2H3,(H,17,18). The van der Waals surface area contributed by atoms with Crippen LogP contribution in [-0.4, -0.2) is 41.7 Å². The summed E-state index contributed by atoms with van der Waals surface area (Å²) in [5.74, 6) is 0.135. The van der Waals surface area contributed by atoms with Gasteiger partial charge in [0.2, 0.25) is 0 Å². The molecule has 1 N–H and O–H groups in total. The third kappa shape index (κ3) is 6.82. The Kier molecular flexibility index (Phi) is 6.97. The Hall–Kier alpha value is -1.55. The average molecular weight is 265 g/mol. The smallest absolute Gasteiger partial charge is 0.304 e. The summed E-state index contributed by atoms with van der Waals surface area (Å²) in [7, 11) is 0. The van der Waals surface area contributed by atoms with Gasteiger partial charge in [0.05, 0.1) is 13.0 Å². The first kappa shape index (κ1) is 15.5. The van der Waals surface area contributed by atoms with E-state index in [0.29, 0.717) is 19.2 Å². The van der Waals surface area contributed by atoms with Gasteiger partial charge in [-0.25, -0.2) is 0 Å². The first-order valence-corrected chi connectivity index (χ1v) is 6.73. The largest absolute Gasteiger partial charge is 0.494 e. The summed E-state index contributed by atoms with van der Waals surface area (Å²) in [6, 6.07) is 10.1. The third-order valence-corrected chi connectivity index (χ3v) is 2.94. The summed E-state index contributed by atoms with van der Waals surface area (Å²) in [5, 5.41) is 8.71. The SMILES string of the molecule is CC(C)N(CCCOc1ccccc1)CCC(=O)O. The highest BCUT2D eigenvalue weighted by molar-refractivity contribution is 5.66. The second-order valence-electron chi connectivity index (χ2n) is 4.79. The van der Waals surface area contributed by atoms with Gasteiger partial charge in [0, 0.05) is 19.1 Å². The molecule has 0 fully saturated rings. The van der Waals surface area contributed by atoms with Crippen LogP contribution in [0.3, 0.4) is 0 Å². The number of para-hydroxylation sites is 1. The number of carboxylic acid groups (broad SMARTS) is 1. The van der Waals surface area contributed by atoms with Gasteiger partial charge in [0.15, 0.2) is 0 Å². The highest BCUT2D eigenvalue weighted by Crippen LogP contribution is 2.09. The van der Waals surface area contributed by atoms with Crippen molar-refractivity contribution in [2.75, 3.05) is 19.7 Å². The van der Waals surface area contributed by atoms with Crippen molar-refractivity contribution in [3.8, 4) is 5.75 Å². The molecule has 4 nitrogen and oxygen atoms in total. The van der Waals surface area contributed by atoms with Gasteiger partial charge in [-0.05, 0) is 32.4 Å². The fourth-order valence-electron chi connectivity index (χ4n) is 1.84. The number of carboxylic acids is 1. The van der Waals surface area contributed by atoms with E-state index in [4.69, 9.17) is 9.84 Å². The number of rotatable bonds is 9. The van der Waals surface area contributed by atoms with E-state index in [2.05, 4.69) is 18.7 Å². The van der Waals surface area contributed by atoms with Crippen LogP contribution in [0, 0.1) is 0 Å². The molecule has 0 aliphatic rings. The monoisotopic (exact) mass is 265 g/mol. The Morgan fingerprint density at radius 1 is 1.26 bits per heavy atom. The van der Waals surface area contributed by atoms with Crippen LogP contribution in [0.4, 0.5) is 0 Å². The van der Waals surface area contributed by atoms with E-state index in [0.717, 1.165) is 18.7 Å². The van der Waals surface area contributed by atoms with Crippen LogP contribution in [0.1, 0.15) is 26.7 Å². The van der Waals surface area contributed by atoms with Crippen LogP contribution in [0.5, 0.6) is 5.75 Å². The lowest BCUT2D eigenvalue weighted by Gasteiger charge is -2.25. The van der Waals surface area contributed by atoms with Crippen molar-refractivity contribution >= 4 is 5.97 Å². The van der Waals surface area contributed by atoms with Crippen LogP contribution in [0.2, 0.25) is 0 Å². The lowest BCUT2D eigenvalue weighted by molar-refractivity contribution is -0.137. The first-order valence-electron chi connectivity index (χ1n) is 6.73. The summed E-state index contributed by atoms with van der Waals surface area (Å²) in [4.78, 5) is 12.8. The molecule has 106 valence electrons. The molecule has 0 radical (unpaired) electrons. The zero-order chi connectivity index (χ0) is 14.1. The normalized spacial score (nSPS) is 10.9. The van der Waals surface area contributed by atoms with Gasteiger partial charge in [-0.15, -0.1) is 0 Å². The molecular formula is C15H23NO3. The second-order valence-corrected chi connectivity index (χ2v) is 4.79. The minimum absolute atomic E-state index is 0.192. The van der Waals surface area contributed by atoms with Gasteiger partial charge in [-0.1, -0.05) is 18.2 Å². The molecule has 4 heteroatoms. The average Bonchev–Trinajstić information content (AvgIpc) is 2.38. The number of hydrogen-bond acceptors (Lipinski definition) is 3. The first-order chi connectivity index (χ1) is 9.09. The zero-order valence-electron chi connectivity index (χ0n) is 11.7. The predicted octanol–water partition coefficient (Wildman–Crippen LogP) is 2.64. The topological polar surface area (TPSA) is 49.8 Å². The van der Waals surface area contributed by atoms with E-state index < -0.39 is 5.97 Å². The molecule has 0 bridgehead atoms. The van der Waals surface area contributed by atoms with E-state index >= 15 is 0 Å². The molecule has 1 aromatic rings.